The Kier molecular flexibility index (Phi) is 3.91. The molecule has 1 aliphatic rings. The first-order valence-electron chi connectivity index (χ1n) is 6.28. The Hall–Kier alpha value is -0.460. The van der Waals surface area contributed by atoms with E-state index in [1.807, 2.05) is 0 Å². The Morgan fingerprint density at radius 2 is 2.16 bits per heavy atom. The average molecular weight is 403 g/mol. The van der Waals surface area contributed by atoms with E-state index in [1.165, 1.54) is 17.7 Å². The van der Waals surface area contributed by atoms with Crippen molar-refractivity contribution in [2.45, 2.75) is 26.2 Å². The van der Waals surface area contributed by atoms with Crippen molar-refractivity contribution in [3.63, 3.8) is 0 Å². The number of fused-ring (bicyclic) bond motifs is 1. The predicted molar refractivity (Wildman–Crippen MR) is 86.9 cm³/mol. The van der Waals surface area contributed by atoms with Gasteiger partial charge in [0, 0.05) is 22.3 Å². The van der Waals surface area contributed by atoms with E-state index in [2.05, 4.69) is 50.2 Å². The van der Waals surface area contributed by atoms with E-state index in [4.69, 9.17) is 9.97 Å². The summed E-state index contributed by atoms with van der Waals surface area (Å²) >= 11 is 8.70. The Bertz CT molecular complexity index is 605. The van der Waals surface area contributed by atoms with Crippen LogP contribution in [0, 0.1) is 0 Å². The van der Waals surface area contributed by atoms with Crippen molar-refractivity contribution in [2.75, 3.05) is 11.9 Å². The van der Waals surface area contributed by atoms with Gasteiger partial charge >= 0.3 is 0 Å². The van der Waals surface area contributed by atoms with Crippen molar-refractivity contribution >= 4 is 49.0 Å². The first-order chi connectivity index (χ1) is 9.19. The van der Waals surface area contributed by atoms with Gasteiger partial charge in [-0.15, -0.1) is 11.3 Å². The van der Waals surface area contributed by atoms with Crippen LogP contribution in [0.3, 0.4) is 0 Å². The molecule has 0 spiro atoms. The molecule has 2 aromatic rings. The highest BCUT2D eigenvalue weighted by Crippen LogP contribution is 2.38. The number of rotatable bonds is 3. The fourth-order valence-electron chi connectivity index (χ4n) is 2.31. The molecule has 0 radical (unpaired) electrons. The fraction of sp³-hybridized carbons (Fsp3) is 0.385. The summed E-state index contributed by atoms with van der Waals surface area (Å²) in [5.41, 5.74) is 2.52. The molecular weight excluding hydrogens is 390 g/mol. The summed E-state index contributed by atoms with van der Waals surface area (Å²) < 4.78 is 2.14. The molecule has 1 N–H and O–H groups in total. The Morgan fingerprint density at radius 1 is 1.32 bits per heavy atom. The molecule has 0 aliphatic heterocycles. The number of thiophene rings is 1. The minimum absolute atomic E-state index is 0.827. The largest absolute Gasteiger partial charge is 0.370 e. The molecule has 0 atom stereocenters. The molecule has 100 valence electrons. The lowest BCUT2D eigenvalue weighted by Crippen LogP contribution is -2.06. The first-order valence-corrected chi connectivity index (χ1v) is 8.68. The third-order valence-electron chi connectivity index (χ3n) is 3.14. The van der Waals surface area contributed by atoms with Crippen LogP contribution >= 0.6 is 43.2 Å². The van der Waals surface area contributed by atoms with E-state index in [-0.39, 0.29) is 0 Å². The predicted octanol–water partition coefficient (Wildman–Crippen LogP) is 4.65. The van der Waals surface area contributed by atoms with Gasteiger partial charge in [-0.3, -0.25) is 0 Å². The molecule has 3 rings (SSSR count). The van der Waals surface area contributed by atoms with Crippen molar-refractivity contribution in [3.05, 3.63) is 25.6 Å². The van der Waals surface area contributed by atoms with Gasteiger partial charge in [0.15, 0.2) is 5.82 Å². The Morgan fingerprint density at radius 3 is 2.84 bits per heavy atom. The molecule has 0 unspecified atom stereocenters. The monoisotopic (exact) mass is 401 g/mol. The van der Waals surface area contributed by atoms with E-state index in [0.29, 0.717) is 0 Å². The fourth-order valence-corrected chi connectivity index (χ4v) is 4.28. The van der Waals surface area contributed by atoms with Crippen LogP contribution in [0.2, 0.25) is 0 Å². The SMILES string of the molecule is CCNc1nc(-c2cc(Br)c(Br)s2)nc2c1CCC2. The molecule has 3 nitrogen and oxygen atoms in total. The highest BCUT2D eigenvalue weighted by Gasteiger charge is 2.20. The lowest BCUT2D eigenvalue weighted by atomic mass is 10.2. The normalized spacial score (nSPS) is 13.6. The van der Waals surface area contributed by atoms with Gasteiger partial charge in [-0.2, -0.15) is 0 Å². The second-order valence-corrected chi connectivity index (χ2v) is 7.66. The molecule has 0 bridgehead atoms. The van der Waals surface area contributed by atoms with Gasteiger partial charge in [0.2, 0.25) is 0 Å². The van der Waals surface area contributed by atoms with Crippen LogP contribution in [-0.4, -0.2) is 16.5 Å². The summed E-state index contributed by atoms with van der Waals surface area (Å²) in [6, 6.07) is 2.07. The molecule has 0 amide bonds. The highest BCUT2D eigenvalue weighted by atomic mass is 79.9. The van der Waals surface area contributed by atoms with Crippen molar-refractivity contribution in [3.8, 4) is 10.7 Å². The Labute approximate surface area is 133 Å². The molecule has 0 saturated carbocycles. The van der Waals surface area contributed by atoms with Crippen molar-refractivity contribution in [1.82, 2.24) is 9.97 Å². The smallest absolute Gasteiger partial charge is 0.171 e. The maximum Gasteiger partial charge on any atom is 0.171 e. The topological polar surface area (TPSA) is 37.8 Å². The number of hydrogen-bond donors (Lipinski definition) is 1. The van der Waals surface area contributed by atoms with E-state index < -0.39 is 0 Å². The van der Waals surface area contributed by atoms with Crippen LogP contribution in [-0.2, 0) is 12.8 Å². The van der Waals surface area contributed by atoms with Crippen molar-refractivity contribution in [2.24, 2.45) is 0 Å². The van der Waals surface area contributed by atoms with E-state index in [9.17, 15) is 0 Å². The third-order valence-corrected chi connectivity index (χ3v) is 6.40. The lowest BCUT2D eigenvalue weighted by Gasteiger charge is -2.10. The number of nitrogens with zero attached hydrogens (tertiary/aromatic N) is 2. The molecule has 6 heteroatoms. The van der Waals surface area contributed by atoms with Gasteiger partial charge in [-0.05, 0) is 64.1 Å². The third kappa shape index (κ3) is 2.58. The van der Waals surface area contributed by atoms with Gasteiger partial charge < -0.3 is 5.32 Å². The lowest BCUT2D eigenvalue weighted by molar-refractivity contribution is 0.900. The maximum absolute atomic E-state index is 4.74. The maximum atomic E-state index is 4.74. The van der Waals surface area contributed by atoms with Crippen molar-refractivity contribution in [1.29, 1.82) is 0 Å². The quantitative estimate of drug-likeness (QED) is 0.811. The zero-order chi connectivity index (χ0) is 13.4. The molecule has 0 fully saturated rings. The van der Waals surface area contributed by atoms with Crippen LogP contribution in [0.15, 0.2) is 14.3 Å². The number of aromatic nitrogens is 2. The molecular formula is C13H13Br2N3S. The van der Waals surface area contributed by atoms with Gasteiger partial charge in [0.25, 0.3) is 0 Å². The second kappa shape index (κ2) is 5.50. The van der Waals surface area contributed by atoms with Crippen molar-refractivity contribution < 1.29 is 0 Å². The first kappa shape index (κ1) is 13.5. The van der Waals surface area contributed by atoms with E-state index in [0.717, 1.165) is 44.2 Å². The van der Waals surface area contributed by atoms with Crippen LogP contribution in [0.25, 0.3) is 10.7 Å². The van der Waals surface area contributed by atoms with Gasteiger partial charge in [0.05, 0.1) is 8.66 Å². The van der Waals surface area contributed by atoms with Gasteiger partial charge in [-0.25, -0.2) is 9.97 Å². The number of halogens is 2. The van der Waals surface area contributed by atoms with Crippen LogP contribution in [0.1, 0.15) is 24.6 Å². The molecule has 2 heterocycles. The van der Waals surface area contributed by atoms with E-state index in [1.54, 1.807) is 11.3 Å². The zero-order valence-corrected chi connectivity index (χ0v) is 14.5. The molecule has 0 saturated heterocycles. The minimum atomic E-state index is 0.827. The number of hydrogen-bond acceptors (Lipinski definition) is 4. The number of nitrogens with one attached hydrogen (secondary N) is 1. The number of anilines is 1. The summed E-state index contributed by atoms with van der Waals surface area (Å²) in [5, 5.41) is 3.37. The summed E-state index contributed by atoms with van der Waals surface area (Å²) in [4.78, 5) is 10.5. The van der Waals surface area contributed by atoms with Gasteiger partial charge in [-0.1, -0.05) is 0 Å². The Balaban J connectivity index is 2.09. The molecule has 2 aromatic heterocycles. The summed E-state index contributed by atoms with van der Waals surface area (Å²) in [5.74, 6) is 1.84. The summed E-state index contributed by atoms with van der Waals surface area (Å²) in [7, 11) is 0. The highest BCUT2D eigenvalue weighted by molar-refractivity contribution is 9.13. The summed E-state index contributed by atoms with van der Waals surface area (Å²) in [6.07, 6.45) is 3.34. The molecule has 19 heavy (non-hydrogen) atoms. The number of aryl methyl sites for hydroxylation is 1. The average Bonchev–Trinajstić information content (AvgIpc) is 2.97. The van der Waals surface area contributed by atoms with Crippen LogP contribution < -0.4 is 5.32 Å². The second-order valence-electron chi connectivity index (χ2n) is 4.44. The standard InChI is InChI=1S/C13H13Br2N3S/c1-2-16-12-7-4-3-5-9(7)17-13(18-12)10-6-8(14)11(15)19-10/h6H,2-5H2,1H3,(H,16,17,18). The molecule has 0 aromatic carbocycles. The van der Waals surface area contributed by atoms with Crippen LogP contribution in [0.4, 0.5) is 5.82 Å². The minimum Gasteiger partial charge on any atom is -0.370 e. The van der Waals surface area contributed by atoms with Gasteiger partial charge in [0.1, 0.15) is 5.82 Å². The summed E-state index contributed by atoms with van der Waals surface area (Å²) in [6.45, 7) is 2.99. The van der Waals surface area contributed by atoms with E-state index >= 15 is 0 Å². The van der Waals surface area contributed by atoms with Crippen LogP contribution in [0.5, 0.6) is 0 Å². The molecule has 1 aliphatic carbocycles. The zero-order valence-electron chi connectivity index (χ0n) is 10.5.